The largest absolute Gasteiger partial charge is 0.489 e. The molecule has 76 heavy (non-hydrogen) atoms. The summed E-state index contributed by atoms with van der Waals surface area (Å²) in [5.41, 5.74) is 1.43. The lowest BCUT2D eigenvalue weighted by Gasteiger charge is -2.63. The van der Waals surface area contributed by atoms with Crippen molar-refractivity contribution in [2.24, 2.45) is 22.2 Å². The normalized spacial score (nSPS) is 22.4. The zero-order chi connectivity index (χ0) is 54.9. The van der Waals surface area contributed by atoms with Crippen molar-refractivity contribution in [2.75, 3.05) is 70.6 Å². The van der Waals surface area contributed by atoms with Crippen molar-refractivity contribution in [1.29, 1.82) is 5.26 Å². The maximum Gasteiger partial charge on any atom is 0.417 e. The van der Waals surface area contributed by atoms with Crippen LogP contribution in [0.3, 0.4) is 0 Å². The van der Waals surface area contributed by atoms with Gasteiger partial charge in [-0.25, -0.2) is 9.97 Å². The van der Waals surface area contributed by atoms with Crippen LogP contribution in [0.2, 0.25) is 0 Å². The molecule has 17 nitrogen and oxygen atoms in total. The van der Waals surface area contributed by atoms with Crippen LogP contribution in [0.4, 0.5) is 19.0 Å². The third-order valence-electron chi connectivity index (χ3n) is 15.3. The zero-order valence-corrected chi connectivity index (χ0v) is 45.0. The van der Waals surface area contributed by atoms with Crippen LogP contribution in [0.1, 0.15) is 93.7 Å². The first kappa shape index (κ1) is 56.0. The van der Waals surface area contributed by atoms with E-state index in [9.17, 15) is 42.7 Å². The fourth-order valence-corrected chi connectivity index (χ4v) is 12.1. The maximum absolute atomic E-state index is 14.3. The summed E-state index contributed by atoms with van der Waals surface area (Å²) >= 11 is 1.56. The van der Waals surface area contributed by atoms with Crippen LogP contribution >= 0.6 is 11.3 Å². The van der Waals surface area contributed by atoms with Crippen LogP contribution in [0.15, 0.2) is 66.3 Å². The molecule has 3 saturated heterocycles. The van der Waals surface area contributed by atoms with E-state index in [4.69, 9.17) is 14.2 Å². The number of amides is 4. The van der Waals surface area contributed by atoms with Crippen LogP contribution in [-0.4, -0.2) is 145 Å². The minimum absolute atomic E-state index is 0.0103. The standard InChI is InChI=1S/C55H68F3N9O8S/c1-32-45(76-31-61-32)34-11-9-33(10-12-34)44(37-28-74-29-37)63-48(71)41-23-38(68)27-67(41)49(72)46(52(2,3)4)62-43(69)30-73-22-21-65-17-19-66(20-18-65)42-16-14-36(26-60-42)47(70)64-50-53(5,6)51(54(50,7)8)75-39-15-13-35(25-59)40(24-39)55(56,57)58/h9-16,24,26,31,37-38,41,44,46,50-51,68H,17-23,27-30H2,1-8H3,(H,62,69)(H,63,71)(H,64,70)/t38-,41+,44-,46-,50-,51-/m1/s1. The fraction of sp³-hybridized carbons (Fsp3) is 0.545. The third-order valence-corrected chi connectivity index (χ3v) is 16.2. The lowest BCUT2D eigenvalue weighted by molar-refractivity contribution is -0.164. The molecule has 8 rings (SSSR count). The molecule has 4 aromatic rings. The molecule has 0 radical (unpaired) electrons. The summed E-state index contributed by atoms with van der Waals surface area (Å²) in [6.07, 6.45) is -4.61. The summed E-state index contributed by atoms with van der Waals surface area (Å²) < 4.78 is 58.4. The number of hydrogen-bond acceptors (Lipinski definition) is 14. The number of aliphatic hydroxyl groups excluding tert-OH is 1. The minimum atomic E-state index is -4.72. The van der Waals surface area contributed by atoms with Gasteiger partial charge in [0, 0.05) is 74.7 Å². The molecular weight excluding hydrogens is 1000 g/mol. The number of carbonyl (C=O) groups excluding carboxylic acids is 4. The van der Waals surface area contributed by atoms with Gasteiger partial charge < -0.3 is 45.1 Å². The highest BCUT2D eigenvalue weighted by Crippen LogP contribution is 2.56. The van der Waals surface area contributed by atoms with Crippen molar-refractivity contribution >= 4 is 40.8 Å². The number of pyridine rings is 1. The summed E-state index contributed by atoms with van der Waals surface area (Å²) in [6, 6.07) is 13.7. The summed E-state index contributed by atoms with van der Waals surface area (Å²) in [5, 5.41) is 29.1. The van der Waals surface area contributed by atoms with E-state index >= 15 is 0 Å². The molecule has 5 heterocycles. The van der Waals surface area contributed by atoms with Gasteiger partial charge in [-0.15, -0.1) is 11.3 Å². The summed E-state index contributed by atoms with van der Waals surface area (Å²) in [4.78, 5) is 71.0. The van der Waals surface area contributed by atoms with E-state index in [0.717, 1.165) is 33.8 Å². The predicted octanol–water partition coefficient (Wildman–Crippen LogP) is 6.15. The number of aromatic nitrogens is 2. The number of halogens is 3. The van der Waals surface area contributed by atoms with E-state index in [1.165, 1.54) is 17.2 Å². The number of alkyl halides is 3. The number of rotatable bonds is 17. The highest BCUT2D eigenvalue weighted by molar-refractivity contribution is 7.13. The van der Waals surface area contributed by atoms with Gasteiger partial charge in [-0.1, -0.05) is 72.7 Å². The van der Waals surface area contributed by atoms with Crippen molar-refractivity contribution in [3.05, 3.63) is 94.3 Å². The van der Waals surface area contributed by atoms with Gasteiger partial charge in [-0.05, 0) is 53.8 Å². The van der Waals surface area contributed by atoms with Crippen LogP contribution < -0.4 is 25.6 Å². The van der Waals surface area contributed by atoms with E-state index in [-0.39, 0.29) is 61.7 Å². The van der Waals surface area contributed by atoms with Crippen molar-refractivity contribution in [2.45, 2.75) is 104 Å². The molecule has 2 aromatic heterocycles. The number of anilines is 1. The molecule has 4 N–H and O–H groups in total. The molecule has 4 atom stereocenters. The second-order valence-corrected chi connectivity index (χ2v) is 23.4. The van der Waals surface area contributed by atoms with E-state index < -0.39 is 69.7 Å². The Morgan fingerprint density at radius 2 is 1.66 bits per heavy atom. The van der Waals surface area contributed by atoms with E-state index in [0.29, 0.717) is 57.3 Å². The Morgan fingerprint density at radius 1 is 0.961 bits per heavy atom. The highest BCUT2D eigenvalue weighted by atomic mass is 32.1. The fourth-order valence-electron chi connectivity index (χ4n) is 11.3. The molecule has 408 valence electrons. The third kappa shape index (κ3) is 12.2. The second-order valence-electron chi connectivity index (χ2n) is 22.6. The van der Waals surface area contributed by atoms with Gasteiger partial charge in [0.15, 0.2) is 0 Å². The quantitative estimate of drug-likeness (QED) is 0.0876. The Kier molecular flexibility index (Phi) is 16.5. The van der Waals surface area contributed by atoms with Gasteiger partial charge in [0.05, 0.1) is 70.8 Å². The number of aryl methyl sites for hydroxylation is 1. The Morgan fingerprint density at radius 3 is 2.24 bits per heavy atom. The number of carbonyl (C=O) groups is 4. The molecule has 3 aliphatic heterocycles. The number of thiazole rings is 1. The number of ether oxygens (including phenoxy) is 3. The van der Waals surface area contributed by atoms with E-state index in [1.54, 1.807) is 29.5 Å². The molecule has 4 aliphatic rings. The molecule has 1 aliphatic carbocycles. The van der Waals surface area contributed by atoms with E-state index in [1.807, 2.05) is 85.2 Å². The van der Waals surface area contributed by atoms with Gasteiger partial charge >= 0.3 is 6.18 Å². The molecular formula is C55H68F3N9O8S. The number of β-amino-alcohol motifs (C(OH)–C–C–N with tert-alkyl or cyclic N) is 1. The second kappa shape index (κ2) is 22.4. The first-order valence-corrected chi connectivity index (χ1v) is 26.5. The van der Waals surface area contributed by atoms with Crippen molar-refractivity contribution in [1.82, 2.24) is 35.7 Å². The van der Waals surface area contributed by atoms with Crippen LogP contribution in [0.25, 0.3) is 10.4 Å². The monoisotopic (exact) mass is 1070 g/mol. The molecule has 0 spiro atoms. The molecule has 0 unspecified atom stereocenters. The number of hydrogen-bond donors (Lipinski definition) is 4. The predicted molar refractivity (Wildman–Crippen MR) is 278 cm³/mol. The lowest BCUT2D eigenvalue weighted by Crippen LogP contribution is -2.74. The van der Waals surface area contributed by atoms with Crippen molar-refractivity contribution in [3.63, 3.8) is 0 Å². The van der Waals surface area contributed by atoms with Gasteiger partial charge in [0.2, 0.25) is 17.7 Å². The van der Waals surface area contributed by atoms with Gasteiger partial charge in [-0.2, -0.15) is 18.4 Å². The SMILES string of the molecule is Cc1ncsc1-c1ccc([C@@H](NC(=O)[C@@H]2C[C@@H](O)CN2C(=O)[C@@H](NC(=O)COCCN2CCN(c3ccc(C(=O)N[C@H]4C(C)(C)[C@H](Oc5ccc(C#N)c(C(F)(F)F)c5)C4(C)C)cn3)CC2)C(C)(C)C)C2COC2)cc1. The number of nitrogens with one attached hydrogen (secondary N) is 3. The maximum atomic E-state index is 14.3. The summed E-state index contributed by atoms with van der Waals surface area (Å²) in [6.45, 7) is 19.2. The number of nitriles is 1. The Balaban J connectivity index is 0.776. The Labute approximate surface area is 445 Å². The van der Waals surface area contributed by atoms with Crippen LogP contribution in [0.5, 0.6) is 5.75 Å². The molecule has 21 heteroatoms. The molecule has 1 saturated carbocycles. The zero-order valence-electron chi connectivity index (χ0n) is 44.2. The molecule has 4 fully saturated rings. The molecule has 2 aromatic carbocycles. The number of likely N-dealkylation sites (tertiary alicyclic amines) is 1. The smallest absolute Gasteiger partial charge is 0.417 e. The number of piperazine rings is 1. The first-order chi connectivity index (χ1) is 35.9. The van der Waals surface area contributed by atoms with Crippen molar-refractivity contribution < 1.29 is 51.7 Å². The highest BCUT2D eigenvalue weighted by Gasteiger charge is 2.64. The number of aliphatic hydroxyl groups is 1. The average molecular weight is 1070 g/mol. The topological polar surface area (TPSA) is 212 Å². The van der Waals surface area contributed by atoms with Crippen molar-refractivity contribution in [3.8, 4) is 22.3 Å². The van der Waals surface area contributed by atoms with Crippen LogP contribution in [0, 0.1) is 40.4 Å². The molecule has 0 bridgehead atoms. The average Bonchev–Trinajstić information content (AvgIpc) is 3.98. The number of benzene rings is 2. The molecule has 4 amide bonds. The summed E-state index contributed by atoms with van der Waals surface area (Å²) in [5.74, 6) is -0.936. The van der Waals surface area contributed by atoms with Gasteiger partial charge in [-0.3, -0.25) is 24.1 Å². The minimum Gasteiger partial charge on any atom is -0.489 e. The van der Waals surface area contributed by atoms with Gasteiger partial charge in [0.1, 0.15) is 36.4 Å². The van der Waals surface area contributed by atoms with Gasteiger partial charge in [0.25, 0.3) is 5.91 Å². The van der Waals surface area contributed by atoms with E-state index in [2.05, 4.69) is 35.7 Å². The Hall–Kier alpha value is -6.18. The first-order valence-electron chi connectivity index (χ1n) is 25.6. The summed E-state index contributed by atoms with van der Waals surface area (Å²) in [7, 11) is 0. The lowest BCUT2D eigenvalue weighted by atomic mass is 9.49. The number of nitrogens with zero attached hydrogens (tertiary/aromatic N) is 6. The van der Waals surface area contributed by atoms with Crippen LogP contribution in [-0.2, 0) is 30.0 Å². The Bertz CT molecular complexity index is 2770.